The fourth-order valence-corrected chi connectivity index (χ4v) is 1.90. The number of aliphatic hydroxyl groups is 1. The van der Waals surface area contributed by atoms with Crippen LogP contribution in [0.5, 0.6) is 0 Å². The third-order valence-electron chi connectivity index (χ3n) is 2.71. The van der Waals surface area contributed by atoms with Gasteiger partial charge in [-0.25, -0.2) is 4.39 Å². The number of aryl methyl sites for hydroxylation is 1. The van der Waals surface area contributed by atoms with Gasteiger partial charge in [-0.1, -0.05) is 32.4 Å². The lowest BCUT2D eigenvalue weighted by atomic mass is 9.89. The number of hydrogen-bond donors (Lipinski definition) is 2. The first-order valence-electron chi connectivity index (χ1n) is 6.41. The normalized spacial score (nSPS) is 13.2. The molecule has 106 valence electrons. The summed E-state index contributed by atoms with van der Waals surface area (Å²) >= 11 is 0. The Hall–Kier alpha value is -1.42. The summed E-state index contributed by atoms with van der Waals surface area (Å²) in [6.07, 6.45) is -0.0549. The van der Waals surface area contributed by atoms with E-state index in [1.54, 1.807) is 13.0 Å². The molecular weight excluding hydrogens is 245 g/mol. The van der Waals surface area contributed by atoms with Gasteiger partial charge >= 0.3 is 0 Å². The standard InChI is InChI=1S/C15H22FNO2/c1-10-5-6-13(16)12(7-10)14(19)17-9-11(18)8-15(2,3)4/h5-7,11,18H,8-9H2,1-4H3,(H,17,19). The lowest BCUT2D eigenvalue weighted by molar-refractivity contribution is 0.0865. The molecule has 0 spiro atoms. The second-order valence-corrected chi connectivity index (χ2v) is 6.11. The van der Waals surface area contributed by atoms with Crippen LogP contribution in [0.25, 0.3) is 0 Å². The quantitative estimate of drug-likeness (QED) is 0.881. The van der Waals surface area contributed by atoms with Crippen LogP contribution >= 0.6 is 0 Å². The topological polar surface area (TPSA) is 49.3 Å². The van der Waals surface area contributed by atoms with Gasteiger partial charge in [0.25, 0.3) is 5.91 Å². The Morgan fingerprint density at radius 3 is 2.63 bits per heavy atom. The maximum Gasteiger partial charge on any atom is 0.254 e. The molecule has 0 saturated carbocycles. The van der Waals surface area contributed by atoms with Crippen molar-refractivity contribution in [3.63, 3.8) is 0 Å². The van der Waals surface area contributed by atoms with Crippen LogP contribution in [0.1, 0.15) is 43.1 Å². The number of carbonyl (C=O) groups is 1. The summed E-state index contributed by atoms with van der Waals surface area (Å²) in [6.45, 7) is 7.96. The van der Waals surface area contributed by atoms with Crippen LogP contribution in [0, 0.1) is 18.2 Å². The number of amides is 1. The zero-order valence-corrected chi connectivity index (χ0v) is 12.0. The molecule has 0 bridgehead atoms. The average Bonchev–Trinajstić information content (AvgIpc) is 2.27. The average molecular weight is 267 g/mol. The highest BCUT2D eigenvalue weighted by molar-refractivity contribution is 5.94. The van der Waals surface area contributed by atoms with E-state index < -0.39 is 17.8 Å². The fraction of sp³-hybridized carbons (Fsp3) is 0.533. The van der Waals surface area contributed by atoms with Crippen molar-refractivity contribution in [2.45, 2.75) is 40.2 Å². The first-order valence-corrected chi connectivity index (χ1v) is 6.41. The Balaban J connectivity index is 2.58. The van der Waals surface area contributed by atoms with E-state index in [4.69, 9.17) is 0 Å². The molecule has 0 heterocycles. The lowest BCUT2D eigenvalue weighted by Crippen LogP contribution is -2.34. The highest BCUT2D eigenvalue weighted by Crippen LogP contribution is 2.20. The summed E-state index contributed by atoms with van der Waals surface area (Å²) < 4.78 is 13.5. The van der Waals surface area contributed by atoms with Gasteiger partial charge in [-0.2, -0.15) is 0 Å². The molecule has 1 rings (SSSR count). The summed E-state index contributed by atoms with van der Waals surface area (Å²) in [5, 5.41) is 12.4. The van der Waals surface area contributed by atoms with Crippen molar-refractivity contribution in [2.24, 2.45) is 5.41 Å². The number of benzene rings is 1. The van der Waals surface area contributed by atoms with Crippen molar-refractivity contribution in [3.05, 3.63) is 35.1 Å². The van der Waals surface area contributed by atoms with E-state index in [9.17, 15) is 14.3 Å². The van der Waals surface area contributed by atoms with Crippen LogP contribution in [-0.2, 0) is 0 Å². The number of carbonyl (C=O) groups excluding carboxylic acids is 1. The van der Waals surface area contributed by atoms with E-state index in [1.807, 2.05) is 20.8 Å². The highest BCUT2D eigenvalue weighted by Gasteiger charge is 2.18. The highest BCUT2D eigenvalue weighted by atomic mass is 19.1. The van der Waals surface area contributed by atoms with E-state index in [2.05, 4.69) is 5.32 Å². The molecule has 2 N–H and O–H groups in total. The number of halogens is 1. The molecule has 0 saturated heterocycles. The molecule has 1 unspecified atom stereocenters. The Labute approximate surface area is 113 Å². The summed E-state index contributed by atoms with van der Waals surface area (Å²) in [7, 11) is 0. The van der Waals surface area contributed by atoms with Gasteiger partial charge in [-0.3, -0.25) is 4.79 Å². The van der Waals surface area contributed by atoms with Gasteiger partial charge < -0.3 is 10.4 Å². The molecule has 1 aromatic rings. The van der Waals surface area contributed by atoms with Crippen molar-refractivity contribution < 1.29 is 14.3 Å². The van der Waals surface area contributed by atoms with Gasteiger partial charge in [0.15, 0.2) is 0 Å². The molecule has 0 aliphatic heterocycles. The van der Waals surface area contributed by atoms with E-state index in [0.717, 1.165) is 5.56 Å². The third-order valence-corrected chi connectivity index (χ3v) is 2.71. The molecule has 1 atom stereocenters. The Kier molecular flexibility index (Phi) is 5.06. The van der Waals surface area contributed by atoms with Crippen molar-refractivity contribution in [1.29, 1.82) is 0 Å². The third kappa shape index (κ3) is 5.39. The summed E-state index contributed by atoms with van der Waals surface area (Å²) in [5.41, 5.74) is 0.823. The van der Waals surface area contributed by atoms with Crippen molar-refractivity contribution in [1.82, 2.24) is 5.32 Å². The van der Waals surface area contributed by atoms with Crippen molar-refractivity contribution in [3.8, 4) is 0 Å². The number of rotatable bonds is 4. The van der Waals surface area contributed by atoms with E-state index in [0.29, 0.717) is 6.42 Å². The van der Waals surface area contributed by atoms with Gasteiger partial charge in [-0.05, 0) is 30.9 Å². The van der Waals surface area contributed by atoms with Gasteiger partial charge in [0, 0.05) is 6.54 Å². The Morgan fingerprint density at radius 2 is 2.05 bits per heavy atom. The maximum atomic E-state index is 13.5. The Bertz CT molecular complexity index is 452. The minimum Gasteiger partial charge on any atom is -0.391 e. The zero-order chi connectivity index (χ0) is 14.6. The van der Waals surface area contributed by atoms with E-state index in [1.165, 1.54) is 12.1 Å². The second-order valence-electron chi connectivity index (χ2n) is 6.11. The molecule has 3 nitrogen and oxygen atoms in total. The maximum absolute atomic E-state index is 13.5. The second kappa shape index (κ2) is 6.15. The molecular formula is C15H22FNO2. The molecule has 1 aromatic carbocycles. The van der Waals surface area contributed by atoms with Crippen molar-refractivity contribution >= 4 is 5.91 Å². The molecule has 0 radical (unpaired) electrons. The van der Waals surface area contributed by atoms with E-state index >= 15 is 0 Å². The molecule has 4 heteroatoms. The largest absolute Gasteiger partial charge is 0.391 e. The van der Waals surface area contributed by atoms with E-state index in [-0.39, 0.29) is 17.5 Å². The first-order chi connectivity index (χ1) is 8.69. The minimum absolute atomic E-state index is 0.0151. The smallest absolute Gasteiger partial charge is 0.254 e. The summed E-state index contributed by atoms with van der Waals surface area (Å²) in [6, 6.07) is 4.39. The number of nitrogens with one attached hydrogen (secondary N) is 1. The first kappa shape index (κ1) is 15.6. The monoisotopic (exact) mass is 267 g/mol. The SMILES string of the molecule is Cc1ccc(F)c(C(=O)NCC(O)CC(C)(C)C)c1. The lowest BCUT2D eigenvalue weighted by Gasteiger charge is -2.22. The predicted octanol–water partition coefficient (Wildman–Crippen LogP) is 2.66. The summed E-state index contributed by atoms with van der Waals surface area (Å²) in [4.78, 5) is 11.8. The van der Waals surface area contributed by atoms with Crippen molar-refractivity contribution in [2.75, 3.05) is 6.54 Å². The molecule has 19 heavy (non-hydrogen) atoms. The fourth-order valence-electron chi connectivity index (χ4n) is 1.90. The van der Waals surface area contributed by atoms with Gasteiger partial charge in [0.1, 0.15) is 5.82 Å². The molecule has 0 fully saturated rings. The van der Waals surface area contributed by atoms with Gasteiger partial charge in [0.2, 0.25) is 0 Å². The minimum atomic E-state index is -0.628. The molecule has 0 aliphatic rings. The predicted molar refractivity (Wildman–Crippen MR) is 73.5 cm³/mol. The molecule has 0 aliphatic carbocycles. The molecule has 1 amide bonds. The number of hydrogen-bond acceptors (Lipinski definition) is 2. The van der Waals surface area contributed by atoms with Crippen LogP contribution in [0.2, 0.25) is 0 Å². The van der Waals surface area contributed by atoms with Crippen LogP contribution in [0.4, 0.5) is 4.39 Å². The van der Waals surface area contributed by atoms with Crippen LogP contribution < -0.4 is 5.32 Å². The van der Waals surface area contributed by atoms with Gasteiger partial charge in [0.05, 0.1) is 11.7 Å². The van der Waals surface area contributed by atoms with Crippen LogP contribution in [0.15, 0.2) is 18.2 Å². The Morgan fingerprint density at radius 1 is 1.42 bits per heavy atom. The molecule has 0 aromatic heterocycles. The number of aliphatic hydroxyl groups excluding tert-OH is 1. The van der Waals surface area contributed by atoms with Crippen LogP contribution in [-0.4, -0.2) is 23.7 Å². The van der Waals surface area contributed by atoms with Gasteiger partial charge in [-0.15, -0.1) is 0 Å². The summed E-state index contributed by atoms with van der Waals surface area (Å²) in [5.74, 6) is -1.04. The van der Waals surface area contributed by atoms with Crippen LogP contribution in [0.3, 0.4) is 0 Å². The zero-order valence-electron chi connectivity index (χ0n) is 12.0.